The van der Waals surface area contributed by atoms with Crippen molar-refractivity contribution in [3.8, 4) is 11.8 Å². The van der Waals surface area contributed by atoms with Gasteiger partial charge in [0, 0.05) is 31.7 Å². The number of nitrogens with one attached hydrogen (secondary N) is 1. The molecule has 2 N–H and O–H groups in total. The molecule has 0 aromatic heterocycles. The molecule has 108 valence electrons. The quantitative estimate of drug-likeness (QED) is 0.886. The van der Waals surface area contributed by atoms with Gasteiger partial charge in [0.1, 0.15) is 6.04 Å². The number of hydrogen-bond acceptors (Lipinski definition) is 4. The van der Waals surface area contributed by atoms with E-state index in [2.05, 4.69) is 5.32 Å². The fourth-order valence-corrected chi connectivity index (χ4v) is 2.36. The zero-order valence-electron chi connectivity index (χ0n) is 10.6. The van der Waals surface area contributed by atoms with Gasteiger partial charge in [-0.15, -0.1) is 0 Å². The monoisotopic (exact) mass is 285 g/mol. The molecule has 0 saturated carbocycles. The second-order valence-electron chi connectivity index (χ2n) is 4.57. The highest BCUT2D eigenvalue weighted by molar-refractivity contribution is 5.44. The van der Waals surface area contributed by atoms with E-state index in [0.29, 0.717) is 26.2 Å². The summed E-state index contributed by atoms with van der Waals surface area (Å²) in [6.07, 6.45) is -2.78. The van der Waals surface area contributed by atoms with Gasteiger partial charge in [-0.3, -0.25) is 4.90 Å². The Morgan fingerprint density at radius 3 is 2.50 bits per heavy atom. The number of phenolic OH excluding ortho intramolecular Hbond substituents is 1. The molecule has 0 unspecified atom stereocenters. The zero-order chi connectivity index (χ0) is 14.7. The fourth-order valence-electron chi connectivity index (χ4n) is 2.36. The number of aromatic hydroxyl groups is 1. The van der Waals surface area contributed by atoms with Crippen LogP contribution < -0.4 is 5.32 Å². The van der Waals surface area contributed by atoms with Gasteiger partial charge in [-0.05, 0) is 12.1 Å². The molecular formula is C13H14F3N3O. The Bertz CT molecular complexity index is 524. The van der Waals surface area contributed by atoms with Gasteiger partial charge in [0.2, 0.25) is 0 Å². The summed E-state index contributed by atoms with van der Waals surface area (Å²) < 4.78 is 40.2. The molecule has 0 aliphatic carbocycles. The van der Waals surface area contributed by atoms with Crippen molar-refractivity contribution in [2.24, 2.45) is 0 Å². The predicted octanol–water partition coefficient (Wildman–Crippen LogP) is 1.61. The largest absolute Gasteiger partial charge is 0.505 e. The molecule has 1 heterocycles. The number of halogens is 3. The van der Waals surface area contributed by atoms with E-state index >= 15 is 0 Å². The smallest absolute Gasteiger partial charge is 0.258 e. The number of nitriles is 1. The maximum Gasteiger partial charge on any atom is 0.258 e. The summed E-state index contributed by atoms with van der Waals surface area (Å²) in [6, 6.07) is 2.24. The summed E-state index contributed by atoms with van der Waals surface area (Å²) in [4.78, 5) is 1.48. The van der Waals surface area contributed by atoms with Crippen LogP contribution in [0.2, 0.25) is 0 Å². The number of nitrogens with zero attached hydrogens (tertiary/aromatic N) is 2. The van der Waals surface area contributed by atoms with Crippen LogP contribution in [-0.2, 0) is 0 Å². The number of benzene rings is 1. The van der Waals surface area contributed by atoms with Gasteiger partial charge in [0.25, 0.3) is 6.43 Å². The lowest BCUT2D eigenvalue weighted by atomic mass is 10.0. The number of hydrogen-bond donors (Lipinski definition) is 2. The second kappa shape index (κ2) is 6.11. The van der Waals surface area contributed by atoms with E-state index < -0.39 is 24.0 Å². The highest BCUT2D eigenvalue weighted by Crippen LogP contribution is 2.35. The molecule has 0 spiro atoms. The van der Waals surface area contributed by atoms with E-state index in [4.69, 9.17) is 5.26 Å². The van der Waals surface area contributed by atoms with Crippen molar-refractivity contribution in [1.82, 2.24) is 10.2 Å². The number of alkyl halides is 2. The predicted molar refractivity (Wildman–Crippen MR) is 66.0 cm³/mol. The van der Waals surface area contributed by atoms with Crippen molar-refractivity contribution in [3.05, 3.63) is 29.1 Å². The molecule has 7 heteroatoms. The zero-order valence-corrected chi connectivity index (χ0v) is 10.6. The van der Waals surface area contributed by atoms with E-state index in [9.17, 15) is 18.3 Å². The molecule has 1 atom stereocenters. The average molecular weight is 285 g/mol. The number of piperazine rings is 1. The minimum Gasteiger partial charge on any atom is -0.505 e. The summed E-state index contributed by atoms with van der Waals surface area (Å²) in [5, 5.41) is 21.5. The van der Waals surface area contributed by atoms with Gasteiger partial charge in [-0.2, -0.15) is 5.26 Å². The normalized spacial score (nSPS) is 17.9. The molecule has 4 nitrogen and oxygen atoms in total. The van der Waals surface area contributed by atoms with Crippen molar-refractivity contribution >= 4 is 0 Å². The van der Waals surface area contributed by atoms with Gasteiger partial charge in [-0.1, -0.05) is 0 Å². The summed E-state index contributed by atoms with van der Waals surface area (Å²) in [6.45, 7) is 1.83. The molecule has 0 radical (unpaired) electrons. The van der Waals surface area contributed by atoms with Crippen molar-refractivity contribution < 1.29 is 18.3 Å². The maximum atomic E-state index is 13.5. The Kier molecular flexibility index (Phi) is 4.47. The molecule has 0 amide bonds. The molecule has 1 aliphatic heterocycles. The standard InChI is InChI=1S/C13H14F3N3O/c14-10-6-8(7-17)5-9(12(10)20)11(13(15)16)19-3-1-18-2-4-19/h5-6,11,13,18,20H,1-4H2/t11-/m1/s1. The van der Waals surface area contributed by atoms with Crippen LogP contribution in [0.15, 0.2) is 12.1 Å². The van der Waals surface area contributed by atoms with E-state index in [1.54, 1.807) is 6.07 Å². The molecule has 1 saturated heterocycles. The van der Waals surface area contributed by atoms with Gasteiger partial charge in [0.15, 0.2) is 11.6 Å². The molecule has 2 rings (SSSR count). The number of phenols is 1. The van der Waals surface area contributed by atoms with Crippen LogP contribution >= 0.6 is 0 Å². The molecule has 1 aromatic carbocycles. The maximum absolute atomic E-state index is 13.5. The van der Waals surface area contributed by atoms with Crippen molar-refractivity contribution in [1.29, 1.82) is 5.26 Å². The third kappa shape index (κ3) is 2.86. The Hall–Kier alpha value is -1.78. The van der Waals surface area contributed by atoms with Crippen LogP contribution in [0.1, 0.15) is 17.2 Å². The summed E-state index contributed by atoms with van der Waals surface area (Å²) in [5.41, 5.74) is -0.325. The van der Waals surface area contributed by atoms with Gasteiger partial charge in [0.05, 0.1) is 11.6 Å². The third-order valence-corrected chi connectivity index (χ3v) is 3.32. The molecular weight excluding hydrogens is 271 g/mol. The van der Waals surface area contributed by atoms with Crippen LogP contribution in [0, 0.1) is 17.1 Å². The fraction of sp³-hybridized carbons (Fsp3) is 0.462. The molecule has 1 aromatic rings. The van der Waals surface area contributed by atoms with Crippen LogP contribution in [0.5, 0.6) is 5.75 Å². The van der Waals surface area contributed by atoms with Crippen LogP contribution in [0.4, 0.5) is 13.2 Å². The van der Waals surface area contributed by atoms with E-state index in [0.717, 1.165) is 12.1 Å². The lowest BCUT2D eigenvalue weighted by Gasteiger charge is -2.34. The number of rotatable bonds is 3. The van der Waals surface area contributed by atoms with Gasteiger partial charge < -0.3 is 10.4 Å². The SMILES string of the molecule is N#Cc1cc(F)c(O)c([C@H](C(F)F)N2CCNCC2)c1. The Labute approximate surface area is 114 Å². The second-order valence-corrected chi connectivity index (χ2v) is 4.57. The summed E-state index contributed by atoms with van der Waals surface area (Å²) in [7, 11) is 0. The summed E-state index contributed by atoms with van der Waals surface area (Å²) in [5.74, 6) is -1.87. The lowest BCUT2D eigenvalue weighted by molar-refractivity contribution is 0.0168. The van der Waals surface area contributed by atoms with Crippen molar-refractivity contribution in [2.75, 3.05) is 26.2 Å². The average Bonchev–Trinajstić information content (AvgIpc) is 2.44. The van der Waals surface area contributed by atoms with Gasteiger partial charge in [-0.25, -0.2) is 13.2 Å². The molecule has 20 heavy (non-hydrogen) atoms. The van der Waals surface area contributed by atoms with E-state index in [-0.39, 0.29) is 11.1 Å². The van der Waals surface area contributed by atoms with E-state index in [1.165, 1.54) is 4.90 Å². The minimum absolute atomic E-state index is 0.0870. The Morgan fingerprint density at radius 1 is 1.30 bits per heavy atom. The first-order chi connectivity index (χ1) is 9.54. The van der Waals surface area contributed by atoms with Crippen LogP contribution in [0.25, 0.3) is 0 Å². The van der Waals surface area contributed by atoms with Crippen LogP contribution in [0.3, 0.4) is 0 Å². The molecule has 0 bridgehead atoms. The highest BCUT2D eigenvalue weighted by atomic mass is 19.3. The Balaban J connectivity index is 2.43. The van der Waals surface area contributed by atoms with E-state index in [1.807, 2.05) is 0 Å². The Morgan fingerprint density at radius 2 is 1.95 bits per heavy atom. The first-order valence-corrected chi connectivity index (χ1v) is 6.20. The minimum atomic E-state index is -2.78. The topological polar surface area (TPSA) is 59.3 Å². The highest BCUT2D eigenvalue weighted by Gasteiger charge is 2.33. The van der Waals surface area contributed by atoms with Crippen molar-refractivity contribution in [2.45, 2.75) is 12.5 Å². The van der Waals surface area contributed by atoms with Crippen LogP contribution in [-0.4, -0.2) is 42.6 Å². The lowest BCUT2D eigenvalue weighted by Crippen LogP contribution is -2.47. The third-order valence-electron chi connectivity index (χ3n) is 3.32. The van der Waals surface area contributed by atoms with Gasteiger partial charge >= 0.3 is 0 Å². The first kappa shape index (κ1) is 14.6. The molecule has 1 aliphatic rings. The summed E-state index contributed by atoms with van der Waals surface area (Å²) >= 11 is 0. The van der Waals surface area contributed by atoms with Crippen molar-refractivity contribution in [3.63, 3.8) is 0 Å². The molecule has 1 fully saturated rings. The first-order valence-electron chi connectivity index (χ1n) is 6.20.